The van der Waals surface area contributed by atoms with Gasteiger partial charge in [-0.25, -0.2) is 9.59 Å². The summed E-state index contributed by atoms with van der Waals surface area (Å²) in [6.45, 7) is 5.15. The van der Waals surface area contributed by atoms with Gasteiger partial charge in [0, 0.05) is 50.9 Å². The SMILES string of the molecule is CCOC(=O)N1CCC(NC(=O)N2CCN(C(=O)c3ccc(O)cc3)CC2)CC1. The third-order valence-electron chi connectivity index (χ3n) is 5.32. The molecule has 2 fully saturated rings. The highest BCUT2D eigenvalue weighted by Crippen LogP contribution is 2.15. The van der Waals surface area contributed by atoms with Crippen molar-refractivity contribution in [2.45, 2.75) is 25.8 Å². The van der Waals surface area contributed by atoms with Crippen LogP contribution in [-0.4, -0.2) is 89.8 Å². The van der Waals surface area contributed by atoms with E-state index in [2.05, 4.69) is 5.32 Å². The summed E-state index contributed by atoms with van der Waals surface area (Å²) >= 11 is 0. The minimum Gasteiger partial charge on any atom is -0.508 e. The molecule has 2 heterocycles. The van der Waals surface area contributed by atoms with Crippen molar-refractivity contribution in [2.75, 3.05) is 45.9 Å². The summed E-state index contributed by atoms with van der Waals surface area (Å²) in [6.07, 6.45) is 1.10. The number of piperazine rings is 1. The van der Waals surface area contributed by atoms with Gasteiger partial charge in [-0.3, -0.25) is 4.79 Å². The van der Waals surface area contributed by atoms with Gasteiger partial charge in [0.15, 0.2) is 0 Å². The van der Waals surface area contributed by atoms with Crippen LogP contribution in [0.15, 0.2) is 24.3 Å². The normalized spacial score (nSPS) is 17.8. The van der Waals surface area contributed by atoms with Crippen LogP contribution in [0.5, 0.6) is 5.75 Å². The fourth-order valence-electron chi connectivity index (χ4n) is 3.59. The van der Waals surface area contributed by atoms with E-state index in [1.54, 1.807) is 33.8 Å². The van der Waals surface area contributed by atoms with Gasteiger partial charge in [-0.15, -0.1) is 0 Å². The summed E-state index contributed by atoms with van der Waals surface area (Å²) in [6, 6.07) is 6.08. The number of benzene rings is 1. The molecule has 0 aliphatic carbocycles. The molecule has 2 aliphatic rings. The van der Waals surface area contributed by atoms with Crippen LogP contribution in [0.2, 0.25) is 0 Å². The van der Waals surface area contributed by atoms with Gasteiger partial charge in [0.2, 0.25) is 0 Å². The van der Waals surface area contributed by atoms with Crippen LogP contribution >= 0.6 is 0 Å². The molecular formula is C20H28N4O5. The highest BCUT2D eigenvalue weighted by atomic mass is 16.6. The number of phenolic OH excluding ortho intramolecular Hbond substituents is 1. The molecule has 9 nitrogen and oxygen atoms in total. The molecule has 4 amide bonds. The zero-order chi connectivity index (χ0) is 20.8. The monoisotopic (exact) mass is 404 g/mol. The van der Waals surface area contributed by atoms with Gasteiger partial charge in [0.1, 0.15) is 5.75 Å². The molecule has 9 heteroatoms. The Balaban J connectivity index is 1.42. The number of aromatic hydroxyl groups is 1. The highest BCUT2D eigenvalue weighted by Gasteiger charge is 2.28. The second-order valence-electron chi connectivity index (χ2n) is 7.24. The van der Waals surface area contributed by atoms with E-state index >= 15 is 0 Å². The van der Waals surface area contributed by atoms with Crippen molar-refractivity contribution < 1.29 is 24.2 Å². The maximum atomic E-state index is 12.5. The molecule has 0 bridgehead atoms. The lowest BCUT2D eigenvalue weighted by Crippen LogP contribution is -2.55. The summed E-state index contributed by atoms with van der Waals surface area (Å²) in [7, 11) is 0. The van der Waals surface area contributed by atoms with Gasteiger partial charge in [-0.05, 0) is 44.0 Å². The lowest BCUT2D eigenvalue weighted by Gasteiger charge is -2.37. The fourth-order valence-corrected chi connectivity index (χ4v) is 3.59. The first-order valence-electron chi connectivity index (χ1n) is 10.0. The van der Waals surface area contributed by atoms with E-state index in [1.165, 1.54) is 12.1 Å². The Hall–Kier alpha value is -2.97. The number of likely N-dealkylation sites (tertiary alicyclic amines) is 1. The first-order valence-corrected chi connectivity index (χ1v) is 10.0. The molecule has 29 heavy (non-hydrogen) atoms. The van der Waals surface area contributed by atoms with E-state index < -0.39 is 0 Å². The van der Waals surface area contributed by atoms with E-state index in [9.17, 15) is 19.5 Å². The van der Waals surface area contributed by atoms with Crippen LogP contribution in [0.4, 0.5) is 9.59 Å². The number of phenols is 1. The van der Waals surface area contributed by atoms with Crippen molar-refractivity contribution >= 4 is 18.0 Å². The zero-order valence-electron chi connectivity index (χ0n) is 16.7. The number of piperidine rings is 1. The smallest absolute Gasteiger partial charge is 0.409 e. The second-order valence-corrected chi connectivity index (χ2v) is 7.24. The predicted molar refractivity (Wildman–Crippen MR) is 106 cm³/mol. The lowest BCUT2D eigenvalue weighted by molar-refractivity contribution is 0.0658. The van der Waals surface area contributed by atoms with Crippen LogP contribution in [0.3, 0.4) is 0 Å². The standard InChI is InChI=1S/C20H28N4O5/c1-2-29-20(28)24-9-7-16(8-10-24)21-19(27)23-13-11-22(12-14-23)18(26)15-3-5-17(25)6-4-15/h3-6,16,25H,2,7-14H2,1H3,(H,21,27). The van der Waals surface area contributed by atoms with Crippen molar-refractivity contribution in [3.05, 3.63) is 29.8 Å². The van der Waals surface area contributed by atoms with Gasteiger partial charge in [0.05, 0.1) is 6.61 Å². The summed E-state index contributed by atoms with van der Waals surface area (Å²) in [4.78, 5) is 41.9. The number of hydrogen-bond donors (Lipinski definition) is 2. The van der Waals surface area contributed by atoms with Crippen molar-refractivity contribution in [1.82, 2.24) is 20.0 Å². The average molecular weight is 404 g/mol. The number of rotatable bonds is 3. The van der Waals surface area contributed by atoms with Gasteiger partial charge in [0.25, 0.3) is 5.91 Å². The summed E-state index contributed by atoms with van der Waals surface area (Å²) < 4.78 is 5.01. The van der Waals surface area contributed by atoms with Crippen LogP contribution in [0.1, 0.15) is 30.1 Å². The number of amides is 4. The van der Waals surface area contributed by atoms with E-state index in [0.717, 1.165) is 0 Å². The van der Waals surface area contributed by atoms with Crippen LogP contribution in [0, 0.1) is 0 Å². The number of carbonyl (C=O) groups excluding carboxylic acids is 3. The average Bonchev–Trinajstić information content (AvgIpc) is 2.74. The van der Waals surface area contributed by atoms with Gasteiger partial charge in [-0.2, -0.15) is 0 Å². The topological polar surface area (TPSA) is 102 Å². The zero-order valence-corrected chi connectivity index (χ0v) is 16.7. The molecule has 0 radical (unpaired) electrons. The molecule has 0 unspecified atom stereocenters. The molecule has 0 aromatic heterocycles. The Morgan fingerprint density at radius 3 is 2.14 bits per heavy atom. The summed E-state index contributed by atoms with van der Waals surface area (Å²) in [5.41, 5.74) is 0.522. The molecule has 0 saturated carbocycles. The van der Waals surface area contributed by atoms with Gasteiger partial charge < -0.3 is 29.9 Å². The minimum absolute atomic E-state index is 0.0323. The maximum absolute atomic E-state index is 12.5. The van der Waals surface area contributed by atoms with Crippen LogP contribution in [-0.2, 0) is 4.74 Å². The summed E-state index contributed by atoms with van der Waals surface area (Å²) in [5.74, 6) is 0.0209. The van der Waals surface area contributed by atoms with E-state index in [-0.39, 0.29) is 29.8 Å². The molecular weight excluding hydrogens is 376 g/mol. The number of nitrogens with zero attached hydrogens (tertiary/aromatic N) is 3. The van der Waals surface area contributed by atoms with Crippen molar-refractivity contribution in [1.29, 1.82) is 0 Å². The molecule has 1 aromatic carbocycles. The first-order chi connectivity index (χ1) is 14.0. The lowest BCUT2D eigenvalue weighted by atomic mass is 10.1. The number of hydrogen-bond acceptors (Lipinski definition) is 5. The van der Waals surface area contributed by atoms with E-state index in [0.29, 0.717) is 64.3 Å². The molecule has 1 aromatic rings. The second kappa shape index (κ2) is 9.49. The summed E-state index contributed by atoms with van der Waals surface area (Å²) in [5, 5.41) is 12.4. The number of nitrogens with one attached hydrogen (secondary N) is 1. The molecule has 158 valence electrons. The Morgan fingerprint density at radius 1 is 0.966 bits per heavy atom. The number of carbonyl (C=O) groups is 3. The predicted octanol–water partition coefficient (Wildman–Crippen LogP) is 1.48. The Kier molecular flexibility index (Phi) is 6.79. The third kappa shape index (κ3) is 5.30. The molecule has 2 N–H and O–H groups in total. The largest absolute Gasteiger partial charge is 0.508 e. The molecule has 0 spiro atoms. The molecule has 2 aliphatic heterocycles. The molecule has 2 saturated heterocycles. The Bertz CT molecular complexity index is 723. The number of ether oxygens (including phenoxy) is 1. The minimum atomic E-state index is -0.299. The first kappa shape index (κ1) is 20.8. The van der Waals surface area contributed by atoms with Crippen molar-refractivity contribution in [3.63, 3.8) is 0 Å². The fraction of sp³-hybridized carbons (Fsp3) is 0.550. The van der Waals surface area contributed by atoms with Crippen LogP contribution in [0.25, 0.3) is 0 Å². The van der Waals surface area contributed by atoms with Crippen molar-refractivity contribution in [2.24, 2.45) is 0 Å². The van der Waals surface area contributed by atoms with E-state index in [1.807, 2.05) is 0 Å². The van der Waals surface area contributed by atoms with Gasteiger partial charge >= 0.3 is 12.1 Å². The van der Waals surface area contributed by atoms with Gasteiger partial charge in [-0.1, -0.05) is 0 Å². The maximum Gasteiger partial charge on any atom is 0.409 e. The van der Waals surface area contributed by atoms with Crippen LogP contribution < -0.4 is 5.32 Å². The highest BCUT2D eigenvalue weighted by molar-refractivity contribution is 5.94. The Morgan fingerprint density at radius 2 is 1.55 bits per heavy atom. The quantitative estimate of drug-likeness (QED) is 0.795. The number of urea groups is 1. The molecule has 0 atom stereocenters. The third-order valence-corrected chi connectivity index (χ3v) is 5.32. The Labute approximate surface area is 170 Å². The molecule has 3 rings (SSSR count). The van der Waals surface area contributed by atoms with Crippen molar-refractivity contribution in [3.8, 4) is 5.75 Å². The van der Waals surface area contributed by atoms with E-state index in [4.69, 9.17) is 4.74 Å².